The third-order valence-corrected chi connectivity index (χ3v) is 6.27. The summed E-state index contributed by atoms with van der Waals surface area (Å²) in [6, 6.07) is 16.8. The normalized spacial score (nSPS) is 14.4. The molecule has 1 N–H and O–H groups in total. The van der Waals surface area contributed by atoms with E-state index in [4.69, 9.17) is 4.98 Å². The fourth-order valence-electron chi connectivity index (χ4n) is 4.09. The number of hydrogen-bond donors (Lipinski definition) is 1. The van der Waals surface area contributed by atoms with Gasteiger partial charge in [-0.3, -0.25) is 4.79 Å². The molecule has 0 bridgehead atoms. The molecule has 1 saturated carbocycles. The molecule has 0 aliphatic heterocycles. The molecule has 1 aliphatic rings. The van der Waals surface area contributed by atoms with Crippen molar-refractivity contribution in [1.29, 1.82) is 0 Å². The van der Waals surface area contributed by atoms with Crippen molar-refractivity contribution >= 4 is 32.7 Å². The predicted octanol–water partition coefficient (Wildman–Crippen LogP) is 6.68. The van der Waals surface area contributed by atoms with Crippen molar-refractivity contribution in [3.63, 3.8) is 0 Å². The van der Waals surface area contributed by atoms with Gasteiger partial charge in [-0.15, -0.1) is 0 Å². The van der Waals surface area contributed by atoms with Crippen LogP contribution in [0.3, 0.4) is 0 Å². The first kappa shape index (κ1) is 20.1. The van der Waals surface area contributed by atoms with E-state index in [-0.39, 0.29) is 5.91 Å². The molecule has 1 aliphatic carbocycles. The van der Waals surface area contributed by atoms with Gasteiger partial charge in [0.15, 0.2) is 0 Å². The van der Waals surface area contributed by atoms with Gasteiger partial charge in [0.2, 0.25) is 0 Å². The van der Waals surface area contributed by atoms with E-state index in [0.29, 0.717) is 11.6 Å². The minimum atomic E-state index is 0.00298. The predicted molar refractivity (Wildman–Crippen MR) is 123 cm³/mol. The van der Waals surface area contributed by atoms with E-state index >= 15 is 0 Å². The maximum Gasteiger partial charge on any atom is 0.252 e. The Labute approximate surface area is 181 Å². The maximum absolute atomic E-state index is 13.1. The zero-order valence-electron chi connectivity index (χ0n) is 16.9. The lowest BCUT2D eigenvalue weighted by Gasteiger charge is -2.15. The van der Waals surface area contributed by atoms with Gasteiger partial charge in [-0.25, -0.2) is 4.98 Å². The van der Waals surface area contributed by atoms with E-state index in [1.54, 1.807) is 0 Å². The van der Waals surface area contributed by atoms with Crippen LogP contribution in [0.5, 0.6) is 0 Å². The quantitative estimate of drug-likeness (QED) is 0.454. The number of benzene rings is 2. The van der Waals surface area contributed by atoms with Crippen LogP contribution in [-0.2, 0) is 6.42 Å². The van der Waals surface area contributed by atoms with Crippen LogP contribution in [0.25, 0.3) is 22.2 Å². The number of aromatic nitrogens is 1. The fraction of sp³-hybridized carbons (Fsp3) is 0.360. The SMILES string of the molecule is CCCCc1ccc(-c2cc(C(=O)NC3CCCC3)c3cc(Br)ccc3n2)cc1. The van der Waals surface area contributed by atoms with Crippen molar-refractivity contribution in [3.05, 3.63) is 64.1 Å². The highest BCUT2D eigenvalue weighted by Crippen LogP contribution is 2.28. The van der Waals surface area contributed by atoms with Crippen molar-refractivity contribution in [3.8, 4) is 11.3 Å². The van der Waals surface area contributed by atoms with E-state index in [1.165, 1.54) is 31.2 Å². The van der Waals surface area contributed by atoms with Crippen LogP contribution in [0.15, 0.2) is 53.0 Å². The standard InChI is InChI=1S/C25H27BrN2O/c1-2-3-6-17-9-11-18(12-10-17)24-16-22(25(29)27-20-7-4-5-8-20)21-15-19(26)13-14-23(21)28-24/h9-16,20H,2-8H2,1H3,(H,27,29). The van der Waals surface area contributed by atoms with E-state index in [2.05, 4.69) is 52.4 Å². The first-order chi connectivity index (χ1) is 14.1. The van der Waals surface area contributed by atoms with Crippen LogP contribution in [0.1, 0.15) is 61.4 Å². The highest BCUT2D eigenvalue weighted by molar-refractivity contribution is 9.10. The summed E-state index contributed by atoms with van der Waals surface area (Å²) in [5.74, 6) is 0.00298. The van der Waals surface area contributed by atoms with Gasteiger partial charge in [0, 0.05) is 21.5 Å². The zero-order valence-corrected chi connectivity index (χ0v) is 18.5. The molecule has 1 amide bonds. The molecule has 1 fully saturated rings. The lowest BCUT2D eigenvalue weighted by atomic mass is 10.0. The second-order valence-electron chi connectivity index (χ2n) is 7.97. The molecular weight excluding hydrogens is 424 g/mol. The van der Waals surface area contributed by atoms with Crippen LogP contribution in [0.2, 0.25) is 0 Å². The van der Waals surface area contributed by atoms with E-state index in [9.17, 15) is 4.79 Å². The van der Waals surface area contributed by atoms with Crippen molar-refractivity contribution in [2.45, 2.75) is 57.9 Å². The molecule has 1 aromatic heterocycles. The number of nitrogens with one attached hydrogen (secondary N) is 1. The largest absolute Gasteiger partial charge is 0.349 e. The smallest absolute Gasteiger partial charge is 0.252 e. The number of amides is 1. The molecule has 0 unspecified atom stereocenters. The summed E-state index contributed by atoms with van der Waals surface area (Å²) in [5.41, 5.74) is 4.79. The summed E-state index contributed by atoms with van der Waals surface area (Å²) >= 11 is 3.54. The number of carbonyl (C=O) groups excluding carboxylic acids is 1. The number of carbonyl (C=O) groups is 1. The maximum atomic E-state index is 13.1. The average molecular weight is 451 g/mol. The molecule has 0 radical (unpaired) electrons. The van der Waals surface area contributed by atoms with Gasteiger partial charge in [-0.1, -0.05) is 66.4 Å². The van der Waals surface area contributed by atoms with Gasteiger partial charge >= 0.3 is 0 Å². The van der Waals surface area contributed by atoms with Gasteiger partial charge in [0.05, 0.1) is 16.8 Å². The number of hydrogen-bond acceptors (Lipinski definition) is 2. The summed E-state index contributed by atoms with van der Waals surface area (Å²) in [6.07, 6.45) is 8.05. The number of aryl methyl sites for hydroxylation is 1. The Kier molecular flexibility index (Phi) is 6.29. The van der Waals surface area contributed by atoms with Crippen molar-refractivity contribution in [2.24, 2.45) is 0 Å². The third-order valence-electron chi connectivity index (χ3n) is 5.77. The number of unbranched alkanes of at least 4 members (excludes halogenated alkanes) is 1. The minimum absolute atomic E-state index is 0.00298. The summed E-state index contributed by atoms with van der Waals surface area (Å²) in [7, 11) is 0. The molecule has 4 heteroatoms. The van der Waals surface area contributed by atoms with Crippen molar-refractivity contribution < 1.29 is 4.79 Å². The lowest BCUT2D eigenvalue weighted by Crippen LogP contribution is -2.32. The van der Waals surface area contributed by atoms with Crippen molar-refractivity contribution in [2.75, 3.05) is 0 Å². The van der Waals surface area contributed by atoms with Crippen LogP contribution in [-0.4, -0.2) is 16.9 Å². The number of pyridine rings is 1. The highest BCUT2D eigenvalue weighted by atomic mass is 79.9. The van der Waals surface area contributed by atoms with Crippen LogP contribution in [0, 0.1) is 0 Å². The minimum Gasteiger partial charge on any atom is -0.349 e. The van der Waals surface area contributed by atoms with Gasteiger partial charge < -0.3 is 5.32 Å². The van der Waals surface area contributed by atoms with Gasteiger partial charge in [-0.05, 0) is 55.5 Å². The van der Waals surface area contributed by atoms with Crippen molar-refractivity contribution in [1.82, 2.24) is 10.3 Å². The third kappa shape index (κ3) is 4.69. The van der Waals surface area contributed by atoms with Gasteiger partial charge in [-0.2, -0.15) is 0 Å². The van der Waals surface area contributed by atoms with Crippen LogP contribution >= 0.6 is 15.9 Å². The first-order valence-corrected chi connectivity index (χ1v) is 11.4. The number of halogens is 1. The fourth-order valence-corrected chi connectivity index (χ4v) is 4.45. The molecule has 150 valence electrons. The van der Waals surface area contributed by atoms with Gasteiger partial charge in [0.25, 0.3) is 5.91 Å². The van der Waals surface area contributed by atoms with E-state index in [0.717, 1.165) is 45.9 Å². The number of nitrogens with zero attached hydrogens (tertiary/aromatic N) is 1. The zero-order chi connectivity index (χ0) is 20.2. The monoisotopic (exact) mass is 450 g/mol. The van der Waals surface area contributed by atoms with Gasteiger partial charge in [0.1, 0.15) is 0 Å². The Morgan fingerprint density at radius 2 is 1.86 bits per heavy atom. The molecule has 2 aromatic carbocycles. The summed E-state index contributed by atoms with van der Waals surface area (Å²) in [5, 5.41) is 4.12. The molecular formula is C25H27BrN2O. The number of rotatable bonds is 6. The topological polar surface area (TPSA) is 42.0 Å². The Bertz CT molecular complexity index is 1010. The Morgan fingerprint density at radius 3 is 2.59 bits per heavy atom. The van der Waals surface area contributed by atoms with Crippen LogP contribution in [0.4, 0.5) is 0 Å². The number of fused-ring (bicyclic) bond motifs is 1. The van der Waals surface area contributed by atoms with Crippen LogP contribution < -0.4 is 5.32 Å². The average Bonchev–Trinajstić information content (AvgIpc) is 3.25. The second kappa shape index (κ2) is 9.08. The summed E-state index contributed by atoms with van der Waals surface area (Å²) < 4.78 is 0.953. The Balaban J connectivity index is 1.71. The Hall–Kier alpha value is -2.20. The first-order valence-electron chi connectivity index (χ1n) is 10.6. The molecule has 3 aromatic rings. The second-order valence-corrected chi connectivity index (χ2v) is 8.89. The summed E-state index contributed by atoms with van der Waals surface area (Å²) in [4.78, 5) is 18.0. The molecule has 1 heterocycles. The molecule has 29 heavy (non-hydrogen) atoms. The molecule has 4 rings (SSSR count). The van der Waals surface area contributed by atoms with E-state index < -0.39 is 0 Å². The lowest BCUT2D eigenvalue weighted by molar-refractivity contribution is 0.0939. The highest BCUT2D eigenvalue weighted by Gasteiger charge is 2.20. The molecule has 0 spiro atoms. The summed E-state index contributed by atoms with van der Waals surface area (Å²) in [6.45, 7) is 2.21. The molecule has 0 atom stereocenters. The molecule has 0 saturated heterocycles. The molecule has 3 nitrogen and oxygen atoms in total. The Morgan fingerprint density at radius 1 is 1.10 bits per heavy atom. The van der Waals surface area contributed by atoms with E-state index in [1.807, 2.05) is 24.3 Å².